The number of aromatic nitrogens is 5. The van der Waals surface area contributed by atoms with E-state index in [1.165, 1.54) is 22.2 Å². The second kappa shape index (κ2) is 7.17. The molecule has 3 aromatic heterocycles. The summed E-state index contributed by atoms with van der Waals surface area (Å²) in [5.74, 6) is 0.931. The molecular formula is C19H19N7OS. The lowest BCUT2D eigenvalue weighted by atomic mass is 10.0. The van der Waals surface area contributed by atoms with Crippen LogP contribution in [-0.4, -0.2) is 60.8 Å². The first-order valence-electron chi connectivity index (χ1n) is 9.13. The van der Waals surface area contributed by atoms with Gasteiger partial charge in [0.15, 0.2) is 0 Å². The van der Waals surface area contributed by atoms with Crippen molar-refractivity contribution in [2.24, 2.45) is 0 Å². The molecule has 4 heterocycles. The number of hydrogen-bond acceptors (Lipinski definition) is 8. The normalized spacial score (nSPS) is 16.5. The second-order valence-corrected chi connectivity index (χ2v) is 7.64. The summed E-state index contributed by atoms with van der Waals surface area (Å²) in [6, 6.07) is 12.1. The molecule has 0 saturated carbocycles. The van der Waals surface area contributed by atoms with Gasteiger partial charge in [-0.2, -0.15) is 9.61 Å². The van der Waals surface area contributed by atoms with Crippen molar-refractivity contribution >= 4 is 22.2 Å². The molecule has 1 aromatic carbocycles. The molecule has 1 aliphatic heterocycles. The summed E-state index contributed by atoms with van der Waals surface area (Å²) in [5.41, 5.74) is 1.15. The minimum atomic E-state index is -0.0476. The summed E-state index contributed by atoms with van der Waals surface area (Å²) >= 11 is 1.48. The molecular weight excluding hydrogens is 374 g/mol. The average molecular weight is 393 g/mol. The van der Waals surface area contributed by atoms with E-state index in [0.717, 1.165) is 42.6 Å². The predicted molar refractivity (Wildman–Crippen MR) is 107 cm³/mol. The van der Waals surface area contributed by atoms with Crippen LogP contribution in [0.5, 0.6) is 5.88 Å². The Balaban J connectivity index is 1.46. The van der Waals surface area contributed by atoms with Gasteiger partial charge in [0, 0.05) is 38.6 Å². The zero-order valence-electron chi connectivity index (χ0n) is 15.1. The van der Waals surface area contributed by atoms with E-state index in [0.29, 0.717) is 4.96 Å². The Labute approximate surface area is 165 Å². The lowest BCUT2D eigenvalue weighted by molar-refractivity contribution is 0.210. The fraction of sp³-hybridized carbons (Fsp3) is 0.263. The maximum Gasteiger partial charge on any atom is 0.230 e. The van der Waals surface area contributed by atoms with Gasteiger partial charge in [-0.1, -0.05) is 41.7 Å². The van der Waals surface area contributed by atoms with Crippen LogP contribution in [0.15, 0.2) is 55.1 Å². The molecule has 0 radical (unpaired) electrons. The maximum absolute atomic E-state index is 10.8. The SMILES string of the molecule is Oc1c(C(c2ccccc2)N2CCN(c3ncccn3)CC2)sc2ncnn12. The van der Waals surface area contributed by atoms with Crippen LogP contribution in [0, 0.1) is 0 Å². The van der Waals surface area contributed by atoms with Gasteiger partial charge in [0.25, 0.3) is 0 Å². The summed E-state index contributed by atoms with van der Waals surface area (Å²) in [4.78, 5) is 19.1. The standard InChI is InChI=1S/C19H19N7OS/c27-17-16(28-19-22-13-23-26(17)19)15(14-5-2-1-3-6-14)24-9-11-25(12-10-24)18-20-7-4-8-21-18/h1-8,13,15,27H,9-12H2. The van der Waals surface area contributed by atoms with E-state index in [-0.39, 0.29) is 11.9 Å². The van der Waals surface area contributed by atoms with Gasteiger partial charge >= 0.3 is 0 Å². The fourth-order valence-electron chi connectivity index (χ4n) is 3.67. The van der Waals surface area contributed by atoms with Crippen LogP contribution in [0.4, 0.5) is 5.95 Å². The van der Waals surface area contributed by atoms with Gasteiger partial charge in [0.05, 0.1) is 10.9 Å². The number of anilines is 1. The molecule has 0 spiro atoms. The molecule has 9 heteroatoms. The smallest absolute Gasteiger partial charge is 0.230 e. The van der Waals surface area contributed by atoms with Gasteiger partial charge in [-0.3, -0.25) is 4.90 Å². The van der Waals surface area contributed by atoms with Gasteiger partial charge < -0.3 is 10.0 Å². The number of piperazine rings is 1. The summed E-state index contributed by atoms with van der Waals surface area (Å²) in [6.07, 6.45) is 5.01. The Morgan fingerprint density at radius 2 is 1.68 bits per heavy atom. The van der Waals surface area contributed by atoms with Crippen molar-refractivity contribution in [3.05, 3.63) is 65.6 Å². The zero-order valence-corrected chi connectivity index (χ0v) is 15.9. The number of benzene rings is 1. The third-order valence-corrected chi connectivity index (χ3v) is 6.10. The number of thiazole rings is 1. The van der Waals surface area contributed by atoms with E-state index in [9.17, 15) is 5.11 Å². The van der Waals surface area contributed by atoms with E-state index in [1.807, 2.05) is 24.3 Å². The van der Waals surface area contributed by atoms with Crippen LogP contribution in [0.25, 0.3) is 4.96 Å². The molecule has 1 fully saturated rings. The number of hydrogen-bond donors (Lipinski definition) is 1. The lowest BCUT2D eigenvalue weighted by Crippen LogP contribution is -2.48. The van der Waals surface area contributed by atoms with Gasteiger partial charge in [-0.05, 0) is 11.6 Å². The molecule has 28 heavy (non-hydrogen) atoms. The van der Waals surface area contributed by atoms with Crippen LogP contribution < -0.4 is 4.90 Å². The first-order valence-corrected chi connectivity index (χ1v) is 9.95. The van der Waals surface area contributed by atoms with Gasteiger partial charge in [0.2, 0.25) is 16.8 Å². The van der Waals surface area contributed by atoms with Crippen molar-refractivity contribution in [3.63, 3.8) is 0 Å². The van der Waals surface area contributed by atoms with E-state index in [4.69, 9.17) is 0 Å². The summed E-state index contributed by atoms with van der Waals surface area (Å²) in [6.45, 7) is 3.33. The van der Waals surface area contributed by atoms with E-state index in [2.05, 4.69) is 42.0 Å². The molecule has 5 rings (SSSR count). The number of nitrogens with zero attached hydrogens (tertiary/aromatic N) is 7. The molecule has 142 valence electrons. The highest BCUT2D eigenvalue weighted by Gasteiger charge is 2.31. The van der Waals surface area contributed by atoms with Crippen molar-refractivity contribution in [2.45, 2.75) is 6.04 Å². The Morgan fingerprint density at radius 3 is 2.39 bits per heavy atom. The van der Waals surface area contributed by atoms with Crippen LogP contribution in [0.2, 0.25) is 0 Å². The highest BCUT2D eigenvalue weighted by atomic mass is 32.1. The second-order valence-electron chi connectivity index (χ2n) is 6.63. The van der Waals surface area contributed by atoms with Crippen LogP contribution in [0.1, 0.15) is 16.5 Å². The predicted octanol–water partition coefficient (Wildman–Crippen LogP) is 2.20. The Hall–Kier alpha value is -3.04. The monoisotopic (exact) mass is 393 g/mol. The molecule has 4 aromatic rings. The van der Waals surface area contributed by atoms with E-state index in [1.54, 1.807) is 12.4 Å². The van der Waals surface area contributed by atoms with Crippen LogP contribution >= 0.6 is 11.3 Å². The third kappa shape index (κ3) is 2.98. The molecule has 1 N–H and O–H groups in total. The molecule has 0 bridgehead atoms. The largest absolute Gasteiger partial charge is 0.492 e. The Kier molecular flexibility index (Phi) is 4.38. The molecule has 8 nitrogen and oxygen atoms in total. The van der Waals surface area contributed by atoms with Crippen molar-refractivity contribution in [1.82, 2.24) is 29.5 Å². The van der Waals surface area contributed by atoms with Gasteiger partial charge in [0.1, 0.15) is 6.33 Å². The van der Waals surface area contributed by atoms with Crippen molar-refractivity contribution in [2.75, 3.05) is 31.1 Å². The lowest BCUT2D eigenvalue weighted by Gasteiger charge is -2.39. The molecule has 1 aliphatic rings. The number of fused-ring (bicyclic) bond motifs is 1. The summed E-state index contributed by atoms with van der Waals surface area (Å²) in [5, 5.41) is 14.9. The molecule has 0 amide bonds. The van der Waals surface area contributed by atoms with Crippen LogP contribution in [-0.2, 0) is 0 Å². The molecule has 1 atom stereocenters. The molecule has 1 saturated heterocycles. The molecule has 1 unspecified atom stereocenters. The third-order valence-electron chi connectivity index (χ3n) is 5.02. The maximum atomic E-state index is 10.8. The Bertz CT molecular complexity index is 1060. The van der Waals surface area contributed by atoms with E-state index >= 15 is 0 Å². The number of aromatic hydroxyl groups is 1. The van der Waals surface area contributed by atoms with E-state index < -0.39 is 0 Å². The van der Waals surface area contributed by atoms with Crippen molar-refractivity contribution in [1.29, 1.82) is 0 Å². The molecule has 0 aliphatic carbocycles. The fourth-order valence-corrected chi connectivity index (χ4v) is 4.76. The highest BCUT2D eigenvalue weighted by molar-refractivity contribution is 7.17. The van der Waals surface area contributed by atoms with Gasteiger partial charge in [-0.25, -0.2) is 15.0 Å². The average Bonchev–Trinajstić information content (AvgIpc) is 3.34. The minimum Gasteiger partial charge on any atom is -0.492 e. The number of rotatable bonds is 4. The highest BCUT2D eigenvalue weighted by Crippen LogP contribution is 2.39. The minimum absolute atomic E-state index is 0.0476. The Morgan fingerprint density at radius 1 is 0.929 bits per heavy atom. The summed E-state index contributed by atoms with van der Waals surface area (Å²) < 4.78 is 1.50. The first-order chi connectivity index (χ1) is 13.8. The zero-order chi connectivity index (χ0) is 18.9. The quantitative estimate of drug-likeness (QED) is 0.569. The van der Waals surface area contributed by atoms with Crippen molar-refractivity contribution < 1.29 is 5.11 Å². The van der Waals surface area contributed by atoms with Crippen LogP contribution in [0.3, 0.4) is 0 Å². The topological polar surface area (TPSA) is 82.7 Å². The van der Waals surface area contributed by atoms with Crippen molar-refractivity contribution in [3.8, 4) is 5.88 Å². The first kappa shape index (κ1) is 17.1. The summed E-state index contributed by atoms with van der Waals surface area (Å²) in [7, 11) is 0. The van der Waals surface area contributed by atoms with Gasteiger partial charge in [-0.15, -0.1) is 0 Å².